The van der Waals surface area contributed by atoms with Crippen molar-refractivity contribution in [2.75, 3.05) is 0 Å². The number of rotatable bonds is 4. The Morgan fingerprint density at radius 2 is 1.35 bits per heavy atom. The minimum atomic E-state index is -1.35. The van der Waals surface area contributed by atoms with E-state index in [0.717, 1.165) is 12.2 Å². The average Bonchev–Trinajstić information content (AvgIpc) is 2.28. The highest BCUT2D eigenvalue weighted by Gasteiger charge is 2.13. The maximum Gasteiger partial charge on any atom is 0.441 e. The molecule has 0 saturated heterocycles. The van der Waals surface area contributed by atoms with E-state index in [4.69, 9.17) is 0 Å². The molecule has 82 valence electrons. The zero-order valence-electron chi connectivity index (χ0n) is 7.89. The topological polar surface area (TPSA) is 133 Å². The Kier molecular flexibility index (Phi) is 3.93. The lowest BCUT2D eigenvalue weighted by Gasteiger charge is -1.99. The second-order valence-electron chi connectivity index (χ2n) is 2.33. The number of hydrogen-bond donors (Lipinski definition) is 0. The lowest BCUT2D eigenvalue weighted by molar-refractivity contribution is 0.395. The van der Waals surface area contributed by atoms with Crippen LogP contribution in [0.4, 0.5) is 0 Å². The quantitative estimate of drug-likeness (QED) is 0.300. The van der Waals surface area contributed by atoms with E-state index in [9.17, 15) is 24.0 Å². The van der Waals surface area contributed by atoms with Crippen LogP contribution in [0.25, 0.3) is 0 Å². The molecule has 1 rings (SSSR count). The standard InChI is InChI=1S/C5B2N4O6/c12-1-8-6-10-3(14)11(7-9-2-13)5(16)17-4(10)15. The van der Waals surface area contributed by atoms with Gasteiger partial charge in [0, 0.05) is 0 Å². The number of nitrogens with zero attached hydrogens (tertiary/aromatic N) is 4. The Morgan fingerprint density at radius 1 is 0.941 bits per heavy atom. The molecule has 0 fully saturated rings. The Balaban J connectivity index is 3.47. The van der Waals surface area contributed by atoms with E-state index in [1.165, 1.54) is 0 Å². The molecule has 0 unspecified atom stereocenters. The van der Waals surface area contributed by atoms with E-state index in [1.807, 2.05) is 0 Å². The minimum absolute atomic E-state index is 0.211. The lowest BCUT2D eigenvalue weighted by Crippen LogP contribution is -2.49. The predicted octanol–water partition coefficient (Wildman–Crippen LogP) is -3.60. The van der Waals surface area contributed by atoms with Crippen LogP contribution in [0, 0.1) is 0 Å². The molecule has 12 heteroatoms. The highest BCUT2D eigenvalue weighted by molar-refractivity contribution is 6.33. The predicted molar refractivity (Wildman–Crippen MR) is 52.0 cm³/mol. The van der Waals surface area contributed by atoms with Gasteiger partial charge in [0.2, 0.25) is 12.2 Å². The number of isocyanates is 2. The Morgan fingerprint density at radius 3 is 1.71 bits per heavy atom. The van der Waals surface area contributed by atoms with Gasteiger partial charge in [-0.1, -0.05) is 0 Å². The monoisotopic (exact) mass is 234 g/mol. The maximum atomic E-state index is 11.4. The van der Waals surface area contributed by atoms with Crippen LogP contribution < -0.4 is 17.2 Å². The molecule has 0 amide bonds. The summed E-state index contributed by atoms with van der Waals surface area (Å²) < 4.78 is 4.51. The molecule has 0 aliphatic heterocycles. The molecule has 0 bridgehead atoms. The van der Waals surface area contributed by atoms with Crippen molar-refractivity contribution in [3.8, 4) is 0 Å². The molecule has 0 spiro atoms. The summed E-state index contributed by atoms with van der Waals surface area (Å²) in [5.74, 6) is -2.70. The van der Waals surface area contributed by atoms with Crippen molar-refractivity contribution in [1.82, 2.24) is 8.96 Å². The zero-order valence-corrected chi connectivity index (χ0v) is 7.89. The van der Waals surface area contributed by atoms with Crippen molar-refractivity contribution >= 4 is 27.3 Å². The Labute approximate surface area is 92.5 Å². The number of aromatic nitrogens is 2. The molecular formula is C5B2N4O6. The van der Waals surface area contributed by atoms with Gasteiger partial charge >= 0.3 is 32.3 Å². The fourth-order valence-corrected chi connectivity index (χ4v) is 0.801. The van der Waals surface area contributed by atoms with Crippen molar-refractivity contribution < 1.29 is 14.0 Å². The van der Waals surface area contributed by atoms with Crippen molar-refractivity contribution in [1.29, 1.82) is 0 Å². The molecule has 1 heterocycles. The second kappa shape index (κ2) is 5.40. The summed E-state index contributed by atoms with van der Waals surface area (Å²) in [5, 5.41) is 0. The van der Waals surface area contributed by atoms with Gasteiger partial charge < -0.3 is 4.42 Å². The highest BCUT2D eigenvalue weighted by Crippen LogP contribution is 1.67. The Bertz CT molecular complexity index is 632. The molecule has 0 N–H and O–H groups in total. The molecule has 1 aromatic rings. The van der Waals surface area contributed by atoms with Crippen molar-refractivity contribution in [3.05, 3.63) is 31.6 Å². The lowest BCUT2D eigenvalue weighted by atomic mass is 10.2. The second-order valence-corrected chi connectivity index (χ2v) is 2.33. The smallest absolute Gasteiger partial charge is 0.360 e. The summed E-state index contributed by atoms with van der Waals surface area (Å²) in [5.41, 5.74) is -1.22. The van der Waals surface area contributed by atoms with Gasteiger partial charge in [0.25, 0.3) is 0 Å². The van der Waals surface area contributed by atoms with Gasteiger partial charge in [0.1, 0.15) is 0 Å². The first kappa shape index (κ1) is 12.4. The summed E-state index contributed by atoms with van der Waals surface area (Å²) >= 11 is 0. The summed E-state index contributed by atoms with van der Waals surface area (Å²) in [7, 11) is 0.991. The average molecular weight is 234 g/mol. The molecule has 0 saturated carbocycles. The summed E-state index contributed by atoms with van der Waals surface area (Å²) in [6.45, 7) is 0. The van der Waals surface area contributed by atoms with Gasteiger partial charge in [-0.2, -0.15) is 0 Å². The zero-order chi connectivity index (χ0) is 12.8. The molecule has 0 atom stereocenters. The van der Waals surface area contributed by atoms with Crippen LogP contribution in [0.3, 0.4) is 0 Å². The molecule has 0 aliphatic carbocycles. The summed E-state index contributed by atoms with van der Waals surface area (Å²) in [4.78, 5) is 58.8. The fourth-order valence-electron chi connectivity index (χ4n) is 0.801. The minimum Gasteiger partial charge on any atom is -0.360 e. The molecule has 2 radical (unpaired) electrons. The van der Waals surface area contributed by atoms with E-state index < -0.39 is 17.2 Å². The third kappa shape index (κ3) is 2.65. The number of hydrogen-bond acceptors (Lipinski definition) is 8. The van der Waals surface area contributed by atoms with E-state index in [0.29, 0.717) is 15.1 Å². The molecule has 10 nitrogen and oxygen atoms in total. The first-order valence-electron chi connectivity index (χ1n) is 3.80. The normalized spacial score (nSPS) is 8.71. The molecule has 0 aromatic carbocycles. The van der Waals surface area contributed by atoms with Gasteiger partial charge in [-0.05, 0) is 0 Å². The fraction of sp³-hybridized carbons (Fsp3) is 0. The van der Waals surface area contributed by atoms with Gasteiger partial charge in [-0.25, -0.2) is 33.8 Å². The highest BCUT2D eigenvalue weighted by atomic mass is 16.5. The van der Waals surface area contributed by atoms with Crippen LogP contribution in [0.5, 0.6) is 0 Å². The van der Waals surface area contributed by atoms with Gasteiger partial charge in [-0.3, -0.25) is 8.96 Å². The van der Waals surface area contributed by atoms with Gasteiger partial charge in [0.05, 0.1) is 0 Å². The summed E-state index contributed by atoms with van der Waals surface area (Å²) in [6.07, 6.45) is 2.09. The van der Waals surface area contributed by atoms with Crippen LogP contribution in [0.1, 0.15) is 0 Å². The van der Waals surface area contributed by atoms with Crippen LogP contribution in [0.15, 0.2) is 28.6 Å². The third-order valence-corrected chi connectivity index (χ3v) is 1.43. The summed E-state index contributed by atoms with van der Waals surface area (Å²) in [6, 6.07) is 0. The van der Waals surface area contributed by atoms with Gasteiger partial charge in [0.15, 0.2) is 0 Å². The largest absolute Gasteiger partial charge is 0.441 e. The van der Waals surface area contributed by atoms with Crippen molar-refractivity contribution in [3.63, 3.8) is 0 Å². The number of carbonyl (C=O) groups excluding carboxylic acids is 2. The first-order chi connectivity index (χ1) is 8.11. The van der Waals surface area contributed by atoms with Gasteiger partial charge in [-0.15, -0.1) is 0 Å². The van der Waals surface area contributed by atoms with E-state index in [2.05, 4.69) is 14.2 Å². The van der Waals surface area contributed by atoms with Crippen molar-refractivity contribution in [2.24, 2.45) is 9.81 Å². The van der Waals surface area contributed by atoms with Crippen LogP contribution in [-0.4, -0.2) is 36.2 Å². The molecule has 1 aromatic heterocycles. The third-order valence-electron chi connectivity index (χ3n) is 1.43. The van der Waals surface area contributed by atoms with E-state index >= 15 is 0 Å². The van der Waals surface area contributed by atoms with E-state index in [1.54, 1.807) is 0 Å². The van der Waals surface area contributed by atoms with Crippen LogP contribution in [0.2, 0.25) is 0 Å². The van der Waals surface area contributed by atoms with E-state index in [-0.39, 0.29) is 8.96 Å². The van der Waals surface area contributed by atoms with Crippen LogP contribution in [-0.2, 0) is 9.59 Å². The van der Waals surface area contributed by atoms with Crippen molar-refractivity contribution in [2.45, 2.75) is 0 Å². The first-order valence-corrected chi connectivity index (χ1v) is 3.80. The molecular weight excluding hydrogens is 234 g/mol. The maximum absolute atomic E-state index is 11.4. The molecule has 0 aliphatic rings. The molecule has 17 heavy (non-hydrogen) atoms. The SMILES string of the molecule is O=C=N[B]n1c(=O)oc(=O)n([B]N=C=O)c1=O. The van der Waals surface area contributed by atoms with Crippen LogP contribution >= 0.6 is 0 Å². The Hall–Kier alpha value is -2.70.